The van der Waals surface area contributed by atoms with E-state index in [-0.39, 0.29) is 10.7 Å². The first-order valence-corrected chi connectivity index (χ1v) is 6.31. The molecular weight excluding hydrogens is 196 g/mol. The quantitative estimate of drug-likeness (QED) is 0.696. The number of rotatable bonds is 6. The van der Waals surface area contributed by atoms with E-state index in [2.05, 4.69) is 30.7 Å². The summed E-state index contributed by atoms with van der Waals surface area (Å²) in [4.78, 5) is 11.3. The Morgan fingerprint density at radius 3 is 2.64 bits per heavy atom. The van der Waals surface area contributed by atoms with Crippen molar-refractivity contribution in [2.24, 2.45) is 0 Å². The highest BCUT2D eigenvalue weighted by Crippen LogP contribution is 2.19. The van der Waals surface area contributed by atoms with Gasteiger partial charge in [-0.15, -0.1) is 0 Å². The maximum atomic E-state index is 11.3. The average molecular weight is 216 g/mol. The molecule has 0 spiro atoms. The lowest BCUT2D eigenvalue weighted by atomic mass is 10.2. The molecular formula is C10H20N2OS. The van der Waals surface area contributed by atoms with E-state index >= 15 is 0 Å². The summed E-state index contributed by atoms with van der Waals surface area (Å²) in [5.74, 6) is 0.129. The first-order valence-electron chi connectivity index (χ1n) is 5.09. The minimum atomic E-state index is 0.129. The van der Waals surface area contributed by atoms with Gasteiger partial charge in [0.2, 0.25) is 5.91 Å². The Kier molecular flexibility index (Phi) is 4.26. The van der Waals surface area contributed by atoms with Crippen molar-refractivity contribution in [1.29, 1.82) is 0 Å². The van der Waals surface area contributed by atoms with Crippen molar-refractivity contribution in [2.45, 2.75) is 37.5 Å². The molecule has 1 saturated carbocycles. The number of nitrogens with one attached hydrogen (secondary N) is 2. The molecule has 1 aliphatic rings. The summed E-state index contributed by atoms with van der Waals surface area (Å²) in [7, 11) is 0. The molecule has 0 aromatic heterocycles. The average Bonchev–Trinajstić information content (AvgIpc) is 2.88. The third-order valence-corrected chi connectivity index (χ3v) is 3.58. The SMILES string of the molecule is CSC(C)(C)CNCC(=O)NC1CC1. The fourth-order valence-corrected chi connectivity index (χ4v) is 1.30. The van der Waals surface area contributed by atoms with Crippen molar-refractivity contribution in [3.63, 3.8) is 0 Å². The molecule has 2 N–H and O–H groups in total. The Morgan fingerprint density at radius 2 is 2.14 bits per heavy atom. The van der Waals surface area contributed by atoms with Crippen molar-refractivity contribution in [3.8, 4) is 0 Å². The van der Waals surface area contributed by atoms with Crippen molar-refractivity contribution in [3.05, 3.63) is 0 Å². The van der Waals surface area contributed by atoms with Gasteiger partial charge >= 0.3 is 0 Å². The zero-order valence-electron chi connectivity index (χ0n) is 9.22. The van der Waals surface area contributed by atoms with Crippen LogP contribution in [-0.4, -0.2) is 36.0 Å². The summed E-state index contributed by atoms with van der Waals surface area (Å²) in [5.41, 5.74) is 0. The lowest BCUT2D eigenvalue weighted by molar-refractivity contribution is -0.120. The summed E-state index contributed by atoms with van der Waals surface area (Å²) < 4.78 is 0.208. The fourth-order valence-electron chi connectivity index (χ4n) is 1.06. The minimum Gasteiger partial charge on any atom is -0.352 e. The summed E-state index contributed by atoms with van der Waals surface area (Å²) >= 11 is 1.81. The Morgan fingerprint density at radius 1 is 1.50 bits per heavy atom. The second-order valence-electron chi connectivity index (χ2n) is 4.41. The number of carbonyl (C=O) groups excluding carboxylic acids is 1. The van der Waals surface area contributed by atoms with Gasteiger partial charge in [-0.3, -0.25) is 4.79 Å². The van der Waals surface area contributed by atoms with E-state index < -0.39 is 0 Å². The number of thioether (sulfide) groups is 1. The first kappa shape index (κ1) is 11.9. The van der Waals surface area contributed by atoms with Gasteiger partial charge in [0.05, 0.1) is 6.54 Å². The third-order valence-electron chi connectivity index (χ3n) is 2.33. The predicted molar refractivity (Wildman–Crippen MR) is 61.6 cm³/mol. The third kappa shape index (κ3) is 4.86. The summed E-state index contributed by atoms with van der Waals surface area (Å²) in [6, 6.07) is 0.470. The molecule has 3 nitrogen and oxygen atoms in total. The molecule has 1 aliphatic carbocycles. The Bertz CT molecular complexity index is 202. The van der Waals surface area contributed by atoms with Crippen LogP contribution in [0, 0.1) is 0 Å². The van der Waals surface area contributed by atoms with Crippen LogP contribution >= 0.6 is 11.8 Å². The summed E-state index contributed by atoms with van der Waals surface area (Å²) in [5, 5.41) is 6.13. The zero-order valence-corrected chi connectivity index (χ0v) is 10.0. The molecule has 0 atom stereocenters. The molecule has 14 heavy (non-hydrogen) atoms. The monoisotopic (exact) mass is 216 g/mol. The van der Waals surface area contributed by atoms with E-state index in [0.29, 0.717) is 12.6 Å². The first-order chi connectivity index (χ1) is 6.53. The topological polar surface area (TPSA) is 41.1 Å². The van der Waals surface area contributed by atoms with Gasteiger partial charge in [0.25, 0.3) is 0 Å². The highest BCUT2D eigenvalue weighted by molar-refractivity contribution is 7.99. The van der Waals surface area contributed by atoms with Gasteiger partial charge < -0.3 is 10.6 Å². The zero-order chi connectivity index (χ0) is 10.6. The molecule has 82 valence electrons. The maximum Gasteiger partial charge on any atom is 0.234 e. The molecule has 4 heteroatoms. The van der Waals surface area contributed by atoms with Gasteiger partial charge in [-0.05, 0) is 32.9 Å². The van der Waals surface area contributed by atoms with Crippen LogP contribution < -0.4 is 10.6 Å². The van der Waals surface area contributed by atoms with Crippen LogP contribution in [-0.2, 0) is 4.79 Å². The second kappa shape index (κ2) is 5.03. The van der Waals surface area contributed by atoms with E-state index in [1.807, 2.05) is 11.8 Å². The fraction of sp³-hybridized carbons (Fsp3) is 0.900. The van der Waals surface area contributed by atoms with Gasteiger partial charge in [0.1, 0.15) is 0 Å². The van der Waals surface area contributed by atoms with Crippen LogP contribution in [0.4, 0.5) is 0 Å². The standard InChI is InChI=1S/C10H20N2OS/c1-10(2,14-3)7-11-6-9(13)12-8-4-5-8/h8,11H,4-7H2,1-3H3,(H,12,13). The largest absolute Gasteiger partial charge is 0.352 e. The van der Waals surface area contributed by atoms with Crippen molar-refractivity contribution in [2.75, 3.05) is 19.3 Å². The lowest BCUT2D eigenvalue weighted by Crippen LogP contribution is -2.40. The minimum absolute atomic E-state index is 0.129. The van der Waals surface area contributed by atoms with Crippen molar-refractivity contribution < 1.29 is 4.79 Å². The molecule has 1 fully saturated rings. The van der Waals surface area contributed by atoms with Crippen molar-refractivity contribution in [1.82, 2.24) is 10.6 Å². The lowest BCUT2D eigenvalue weighted by Gasteiger charge is -2.22. The Labute approximate surface area is 90.4 Å². The molecule has 0 heterocycles. The number of amides is 1. The van der Waals surface area contributed by atoms with E-state index in [1.54, 1.807) is 0 Å². The van der Waals surface area contributed by atoms with Gasteiger partial charge in [-0.2, -0.15) is 11.8 Å². The second-order valence-corrected chi connectivity index (χ2v) is 5.92. The van der Waals surface area contributed by atoms with Crippen LogP contribution in [0.1, 0.15) is 26.7 Å². The van der Waals surface area contributed by atoms with Gasteiger partial charge in [0.15, 0.2) is 0 Å². The molecule has 1 rings (SSSR count). The van der Waals surface area contributed by atoms with Crippen LogP contribution in [0.25, 0.3) is 0 Å². The molecule has 0 aromatic rings. The molecule has 0 unspecified atom stereocenters. The highest BCUT2D eigenvalue weighted by atomic mass is 32.2. The number of hydrogen-bond acceptors (Lipinski definition) is 3. The van der Waals surface area contributed by atoms with E-state index in [1.165, 1.54) is 0 Å². The van der Waals surface area contributed by atoms with E-state index in [9.17, 15) is 4.79 Å². The van der Waals surface area contributed by atoms with E-state index in [4.69, 9.17) is 0 Å². The van der Waals surface area contributed by atoms with Gasteiger partial charge in [-0.1, -0.05) is 0 Å². The summed E-state index contributed by atoms with van der Waals surface area (Å²) in [6.07, 6.45) is 4.40. The van der Waals surface area contributed by atoms with E-state index in [0.717, 1.165) is 19.4 Å². The Hall–Kier alpha value is -0.220. The molecule has 0 aromatic carbocycles. The molecule has 1 amide bonds. The van der Waals surface area contributed by atoms with Crippen LogP contribution in [0.3, 0.4) is 0 Å². The van der Waals surface area contributed by atoms with Crippen molar-refractivity contribution >= 4 is 17.7 Å². The maximum absolute atomic E-state index is 11.3. The molecule has 0 radical (unpaired) electrons. The molecule has 0 aliphatic heterocycles. The number of hydrogen-bond donors (Lipinski definition) is 2. The molecule has 0 bridgehead atoms. The van der Waals surface area contributed by atoms with Crippen LogP contribution in [0.15, 0.2) is 0 Å². The van der Waals surface area contributed by atoms with Crippen LogP contribution in [0.2, 0.25) is 0 Å². The number of carbonyl (C=O) groups is 1. The predicted octanol–water partition coefficient (Wildman–Crippen LogP) is 0.996. The summed E-state index contributed by atoms with van der Waals surface area (Å²) in [6.45, 7) is 5.65. The van der Waals surface area contributed by atoms with Gasteiger partial charge in [0, 0.05) is 17.3 Å². The van der Waals surface area contributed by atoms with Crippen LogP contribution in [0.5, 0.6) is 0 Å². The normalized spacial score (nSPS) is 16.8. The smallest absolute Gasteiger partial charge is 0.234 e. The Balaban J connectivity index is 2.04. The highest BCUT2D eigenvalue weighted by Gasteiger charge is 2.23. The molecule has 0 saturated heterocycles. The van der Waals surface area contributed by atoms with Gasteiger partial charge in [-0.25, -0.2) is 0 Å².